The zero-order valence-electron chi connectivity index (χ0n) is 12.3. The molecule has 0 radical (unpaired) electrons. The van der Waals surface area contributed by atoms with E-state index >= 15 is 0 Å². The fourth-order valence-corrected chi connectivity index (χ4v) is 3.59. The fraction of sp³-hybridized carbons (Fsp3) is 0.800. The number of nitrogens with zero attached hydrogens (tertiary/aromatic N) is 1. The maximum atomic E-state index is 4.91. The molecule has 0 aliphatic heterocycles. The zero-order chi connectivity index (χ0) is 13.4. The molecule has 1 atom stereocenters. The van der Waals surface area contributed by atoms with Crippen LogP contribution in [0.25, 0.3) is 0 Å². The molecule has 1 heterocycles. The predicted octanol–water partition coefficient (Wildman–Crippen LogP) is 4.07. The van der Waals surface area contributed by atoms with Crippen molar-refractivity contribution < 1.29 is 0 Å². The molecule has 0 spiro atoms. The highest BCUT2D eigenvalue weighted by atomic mass is 32.1. The standard InChI is InChI=1S/C15H26N2S/c1-6-16-15(5,9-11-7-8-11)13-17-12(10-18-13)14(2,3)4/h10-11,16H,6-9H2,1-5H3. The normalized spacial score (nSPS) is 19.8. The van der Waals surface area contributed by atoms with E-state index in [-0.39, 0.29) is 11.0 Å². The Morgan fingerprint density at radius 1 is 1.33 bits per heavy atom. The molecular weight excluding hydrogens is 240 g/mol. The van der Waals surface area contributed by atoms with Gasteiger partial charge in [0.2, 0.25) is 0 Å². The molecule has 1 fully saturated rings. The summed E-state index contributed by atoms with van der Waals surface area (Å²) >= 11 is 1.82. The second-order valence-corrected chi connectivity index (χ2v) is 7.66. The highest BCUT2D eigenvalue weighted by Crippen LogP contribution is 2.42. The molecule has 2 rings (SSSR count). The molecule has 102 valence electrons. The number of rotatable bonds is 5. The Morgan fingerprint density at radius 3 is 2.44 bits per heavy atom. The van der Waals surface area contributed by atoms with Crippen LogP contribution in [-0.2, 0) is 11.0 Å². The van der Waals surface area contributed by atoms with Crippen LogP contribution in [-0.4, -0.2) is 11.5 Å². The lowest BCUT2D eigenvalue weighted by atomic mass is 9.92. The van der Waals surface area contributed by atoms with Gasteiger partial charge in [0.15, 0.2) is 0 Å². The lowest BCUT2D eigenvalue weighted by Crippen LogP contribution is -2.40. The van der Waals surface area contributed by atoms with Crippen molar-refractivity contribution in [3.8, 4) is 0 Å². The van der Waals surface area contributed by atoms with E-state index in [0.717, 1.165) is 12.5 Å². The van der Waals surface area contributed by atoms with Gasteiger partial charge in [0.1, 0.15) is 5.01 Å². The van der Waals surface area contributed by atoms with Gasteiger partial charge in [0, 0.05) is 10.8 Å². The van der Waals surface area contributed by atoms with Gasteiger partial charge in [-0.3, -0.25) is 0 Å². The molecule has 1 N–H and O–H groups in total. The SMILES string of the molecule is CCNC(C)(CC1CC1)c1nc(C(C)(C)C)cs1. The zero-order valence-corrected chi connectivity index (χ0v) is 13.2. The molecular formula is C15H26N2S. The monoisotopic (exact) mass is 266 g/mol. The summed E-state index contributed by atoms with van der Waals surface area (Å²) in [6, 6.07) is 0. The first-order valence-electron chi connectivity index (χ1n) is 7.06. The van der Waals surface area contributed by atoms with E-state index in [1.807, 2.05) is 11.3 Å². The second-order valence-electron chi connectivity index (χ2n) is 6.80. The van der Waals surface area contributed by atoms with Crippen molar-refractivity contribution in [2.24, 2.45) is 5.92 Å². The third-order valence-electron chi connectivity index (χ3n) is 3.71. The van der Waals surface area contributed by atoms with Gasteiger partial charge in [-0.25, -0.2) is 4.98 Å². The van der Waals surface area contributed by atoms with Crippen LogP contribution in [0.5, 0.6) is 0 Å². The fourth-order valence-electron chi connectivity index (χ4n) is 2.40. The van der Waals surface area contributed by atoms with Crippen LogP contribution >= 0.6 is 11.3 Å². The van der Waals surface area contributed by atoms with Gasteiger partial charge in [-0.15, -0.1) is 11.3 Å². The summed E-state index contributed by atoms with van der Waals surface area (Å²) in [5.74, 6) is 0.913. The maximum absolute atomic E-state index is 4.91. The summed E-state index contributed by atoms with van der Waals surface area (Å²) in [6.07, 6.45) is 4.04. The minimum atomic E-state index is 0.0735. The van der Waals surface area contributed by atoms with Gasteiger partial charge in [0.05, 0.1) is 11.2 Å². The van der Waals surface area contributed by atoms with Gasteiger partial charge in [-0.2, -0.15) is 0 Å². The third-order valence-corrected chi connectivity index (χ3v) is 4.81. The minimum Gasteiger partial charge on any atom is -0.306 e. The second kappa shape index (κ2) is 4.93. The Balaban J connectivity index is 2.21. The molecule has 1 aliphatic rings. The lowest BCUT2D eigenvalue weighted by molar-refractivity contribution is 0.327. The first kappa shape index (κ1) is 14.0. The van der Waals surface area contributed by atoms with Crippen LogP contribution in [0.3, 0.4) is 0 Å². The Hall–Kier alpha value is -0.410. The lowest BCUT2D eigenvalue weighted by Gasteiger charge is -2.28. The van der Waals surface area contributed by atoms with Crippen molar-refractivity contribution in [2.75, 3.05) is 6.54 Å². The molecule has 1 aromatic heterocycles. The molecule has 0 bridgehead atoms. The first-order valence-corrected chi connectivity index (χ1v) is 7.94. The van der Waals surface area contributed by atoms with Crippen LogP contribution in [0.4, 0.5) is 0 Å². The number of aromatic nitrogens is 1. The summed E-state index contributed by atoms with van der Waals surface area (Å²) in [5.41, 5.74) is 1.45. The van der Waals surface area contributed by atoms with E-state index in [0.29, 0.717) is 0 Å². The van der Waals surface area contributed by atoms with E-state index in [9.17, 15) is 0 Å². The smallest absolute Gasteiger partial charge is 0.113 e. The van der Waals surface area contributed by atoms with Gasteiger partial charge in [0.25, 0.3) is 0 Å². The molecule has 3 heteroatoms. The number of thiazole rings is 1. The third kappa shape index (κ3) is 3.12. The van der Waals surface area contributed by atoms with E-state index in [4.69, 9.17) is 4.98 Å². The van der Waals surface area contributed by atoms with Crippen LogP contribution in [0.2, 0.25) is 0 Å². The number of hydrogen-bond acceptors (Lipinski definition) is 3. The molecule has 18 heavy (non-hydrogen) atoms. The molecule has 2 nitrogen and oxygen atoms in total. The van der Waals surface area contributed by atoms with Crippen LogP contribution in [0.15, 0.2) is 5.38 Å². The van der Waals surface area contributed by atoms with Crippen molar-refractivity contribution in [3.63, 3.8) is 0 Å². The number of hydrogen-bond donors (Lipinski definition) is 1. The van der Waals surface area contributed by atoms with E-state index < -0.39 is 0 Å². The van der Waals surface area contributed by atoms with Gasteiger partial charge in [-0.05, 0) is 25.8 Å². The molecule has 0 saturated heterocycles. The van der Waals surface area contributed by atoms with Crippen LogP contribution in [0, 0.1) is 5.92 Å². The van der Waals surface area contributed by atoms with Crippen LogP contribution in [0.1, 0.15) is 64.6 Å². The van der Waals surface area contributed by atoms with Crippen molar-refractivity contribution in [2.45, 2.75) is 64.8 Å². The van der Waals surface area contributed by atoms with Gasteiger partial charge >= 0.3 is 0 Å². The Bertz CT molecular complexity index is 401. The van der Waals surface area contributed by atoms with Crippen molar-refractivity contribution in [3.05, 3.63) is 16.1 Å². The van der Waals surface area contributed by atoms with Crippen molar-refractivity contribution in [1.82, 2.24) is 10.3 Å². The summed E-state index contributed by atoms with van der Waals surface area (Å²) in [5, 5.41) is 7.16. The van der Waals surface area contributed by atoms with Gasteiger partial charge in [-0.1, -0.05) is 40.5 Å². The Morgan fingerprint density at radius 2 is 2.00 bits per heavy atom. The average Bonchev–Trinajstić information content (AvgIpc) is 2.90. The number of nitrogens with one attached hydrogen (secondary N) is 1. The molecule has 0 amide bonds. The average molecular weight is 266 g/mol. The molecule has 1 saturated carbocycles. The summed E-state index contributed by atoms with van der Waals surface area (Å²) in [7, 11) is 0. The highest BCUT2D eigenvalue weighted by molar-refractivity contribution is 7.09. The van der Waals surface area contributed by atoms with E-state index in [1.54, 1.807) is 0 Å². The van der Waals surface area contributed by atoms with E-state index in [2.05, 4.69) is 45.3 Å². The van der Waals surface area contributed by atoms with Crippen LogP contribution < -0.4 is 5.32 Å². The predicted molar refractivity (Wildman–Crippen MR) is 79.2 cm³/mol. The molecule has 0 aromatic carbocycles. The minimum absolute atomic E-state index is 0.0735. The van der Waals surface area contributed by atoms with E-state index in [1.165, 1.54) is 30.0 Å². The van der Waals surface area contributed by atoms with Gasteiger partial charge < -0.3 is 5.32 Å². The van der Waals surface area contributed by atoms with Crippen molar-refractivity contribution >= 4 is 11.3 Å². The maximum Gasteiger partial charge on any atom is 0.113 e. The quantitative estimate of drug-likeness (QED) is 0.869. The summed E-state index contributed by atoms with van der Waals surface area (Å²) in [6.45, 7) is 12.2. The molecule has 1 aliphatic carbocycles. The molecule has 1 unspecified atom stereocenters. The summed E-state index contributed by atoms with van der Waals surface area (Å²) in [4.78, 5) is 4.91. The summed E-state index contributed by atoms with van der Waals surface area (Å²) < 4.78 is 0. The highest BCUT2D eigenvalue weighted by Gasteiger charge is 2.36. The Kier molecular flexibility index (Phi) is 3.84. The topological polar surface area (TPSA) is 24.9 Å². The Labute approximate surface area is 115 Å². The first-order chi connectivity index (χ1) is 8.35. The van der Waals surface area contributed by atoms with Crippen molar-refractivity contribution in [1.29, 1.82) is 0 Å². The molecule has 1 aromatic rings. The largest absolute Gasteiger partial charge is 0.306 e.